The Labute approximate surface area is 183 Å². The number of nitrogens with one attached hydrogen (secondary N) is 2. The minimum absolute atomic E-state index is 0.0112. The van der Waals surface area contributed by atoms with Crippen LogP contribution in [0.5, 0.6) is 5.75 Å². The highest BCUT2D eigenvalue weighted by molar-refractivity contribution is 6.42. The van der Waals surface area contributed by atoms with E-state index in [1.54, 1.807) is 24.3 Å². The fourth-order valence-corrected chi connectivity index (χ4v) is 3.91. The van der Waals surface area contributed by atoms with Crippen LogP contribution in [0.15, 0.2) is 41.5 Å². The van der Waals surface area contributed by atoms with Gasteiger partial charge >= 0.3 is 0 Å². The zero-order valence-electron chi connectivity index (χ0n) is 16.0. The van der Waals surface area contributed by atoms with Crippen LogP contribution < -0.4 is 15.5 Å². The first-order chi connectivity index (χ1) is 14.5. The maximum Gasteiger partial charge on any atom is 0.246 e. The van der Waals surface area contributed by atoms with Crippen molar-refractivity contribution >= 4 is 34.8 Å². The van der Waals surface area contributed by atoms with Crippen molar-refractivity contribution < 1.29 is 18.7 Å². The molecule has 2 aliphatic heterocycles. The third-order valence-electron chi connectivity index (χ3n) is 5.04. The van der Waals surface area contributed by atoms with E-state index in [9.17, 15) is 9.18 Å². The van der Waals surface area contributed by atoms with Gasteiger partial charge in [0.2, 0.25) is 5.91 Å². The van der Waals surface area contributed by atoms with Gasteiger partial charge in [0.15, 0.2) is 0 Å². The number of hydrazone groups is 1. The second-order valence-electron chi connectivity index (χ2n) is 7.12. The fraction of sp³-hybridized carbons (Fsp3) is 0.333. The zero-order chi connectivity index (χ0) is 21.1. The number of halogens is 3. The van der Waals surface area contributed by atoms with E-state index >= 15 is 0 Å². The Morgan fingerprint density at radius 2 is 2.10 bits per heavy atom. The molecule has 2 atom stereocenters. The van der Waals surface area contributed by atoms with E-state index in [0.717, 1.165) is 5.56 Å². The van der Waals surface area contributed by atoms with Gasteiger partial charge in [0, 0.05) is 19.0 Å². The Hall–Kier alpha value is -2.19. The lowest BCUT2D eigenvalue weighted by Crippen LogP contribution is -2.29. The number of rotatable bonds is 5. The van der Waals surface area contributed by atoms with Gasteiger partial charge in [0.25, 0.3) is 0 Å². The van der Waals surface area contributed by atoms with Gasteiger partial charge in [-0.3, -0.25) is 4.79 Å². The number of amides is 1. The smallest absolute Gasteiger partial charge is 0.246 e. The van der Waals surface area contributed by atoms with Crippen LogP contribution in [0.1, 0.15) is 23.7 Å². The van der Waals surface area contributed by atoms with Crippen molar-refractivity contribution in [2.24, 2.45) is 11.0 Å². The first-order valence-electron chi connectivity index (χ1n) is 9.57. The second-order valence-corrected chi connectivity index (χ2v) is 7.94. The van der Waals surface area contributed by atoms with Crippen LogP contribution in [0.25, 0.3) is 0 Å². The molecule has 1 saturated heterocycles. The lowest BCUT2D eigenvalue weighted by atomic mass is 9.96. The van der Waals surface area contributed by atoms with Crippen LogP contribution in [0.4, 0.5) is 4.39 Å². The Morgan fingerprint density at radius 1 is 1.23 bits per heavy atom. The summed E-state index contributed by atoms with van der Waals surface area (Å²) in [6.45, 7) is 2.17. The highest BCUT2D eigenvalue weighted by Crippen LogP contribution is 2.33. The van der Waals surface area contributed by atoms with Gasteiger partial charge in [0.05, 0.1) is 47.1 Å². The quantitative estimate of drug-likeness (QED) is 0.726. The summed E-state index contributed by atoms with van der Waals surface area (Å²) in [6, 6.07) is 9.98. The molecule has 2 aliphatic rings. The molecule has 0 saturated carbocycles. The molecule has 0 aliphatic carbocycles. The minimum Gasteiger partial charge on any atom is -0.492 e. The third kappa shape index (κ3) is 4.59. The largest absolute Gasteiger partial charge is 0.492 e. The normalized spacial score (nSPS) is 21.7. The number of hydrogen-bond acceptors (Lipinski definition) is 5. The number of carbonyl (C=O) groups excluding carboxylic acids is 1. The predicted octanol–water partition coefficient (Wildman–Crippen LogP) is 3.71. The van der Waals surface area contributed by atoms with Crippen LogP contribution in [0.3, 0.4) is 0 Å². The first kappa shape index (κ1) is 21.1. The molecule has 0 bridgehead atoms. The Morgan fingerprint density at radius 3 is 2.87 bits per heavy atom. The summed E-state index contributed by atoms with van der Waals surface area (Å²) in [4.78, 5) is 11.5. The number of ether oxygens (including phenoxy) is 2. The van der Waals surface area contributed by atoms with Crippen LogP contribution in [0, 0.1) is 11.7 Å². The summed E-state index contributed by atoms with van der Waals surface area (Å²) in [5.74, 6) is -0.493. The third-order valence-corrected chi connectivity index (χ3v) is 5.78. The molecule has 9 heteroatoms. The van der Waals surface area contributed by atoms with Crippen molar-refractivity contribution in [2.75, 3.05) is 26.3 Å². The van der Waals surface area contributed by atoms with Crippen LogP contribution in [0.2, 0.25) is 10.0 Å². The Bertz CT molecular complexity index is 986. The summed E-state index contributed by atoms with van der Waals surface area (Å²) in [5, 5.41) is 8.19. The molecule has 0 aromatic heterocycles. The molecule has 6 nitrogen and oxygen atoms in total. The van der Waals surface area contributed by atoms with Crippen LogP contribution in [-0.4, -0.2) is 37.9 Å². The van der Waals surface area contributed by atoms with E-state index < -0.39 is 5.82 Å². The molecule has 2 heterocycles. The van der Waals surface area contributed by atoms with Gasteiger partial charge in [-0.2, -0.15) is 5.10 Å². The monoisotopic (exact) mass is 451 g/mol. The van der Waals surface area contributed by atoms with E-state index in [0.29, 0.717) is 41.2 Å². The average molecular weight is 452 g/mol. The number of hydrogen-bond donors (Lipinski definition) is 2. The zero-order valence-corrected chi connectivity index (χ0v) is 17.5. The topological polar surface area (TPSA) is 72.0 Å². The summed E-state index contributed by atoms with van der Waals surface area (Å²) in [7, 11) is 0. The molecule has 0 spiro atoms. The molecule has 1 fully saturated rings. The molecule has 0 unspecified atom stereocenters. The fourth-order valence-electron chi connectivity index (χ4n) is 3.60. The molecule has 2 aromatic carbocycles. The van der Waals surface area contributed by atoms with Gasteiger partial charge in [-0.1, -0.05) is 35.3 Å². The molecule has 2 aromatic rings. The van der Waals surface area contributed by atoms with Crippen molar-refractivity contribution in [1.82, 2.24) is 10.7 Å². The van der Waals surface area contributed by atoms with Gasteiger partial charge in [-0.05, 0) is 29.8 Å². The van der Waals surface area contributed by atoms with Gasteiger partial charge in [0.1, 0.15) is 11.6 Å². The molecule has 4 rings (SSSR count). The lowest BCUT2D eigenvalue weighted by Gasteiger charge is -2.26. The number of carbonyl (C=O) groups is 1. The minimum atomic E-state index is -0.487. The van der Waals surface area contributed by atoms with E-state index in [-0.39, 0.29) is 36.5 Å². The molecule has 30 heavy (non-hydrogen) atoms. The van der Waals surface area contributed by atoms with Gasteiger partial charge in [-0.15, -0.1) is 0 Å². The van der Waals surface area contributed by atoms with Crippen molar-refractivity contribution in [3.05, 3.63) is 63.4 Å². The average Bonchev–Trinajstić information content (AvgIpc) is 3.01. The van der Waals surface area contributed by atoms with Crippen LogP contribution in [-0.2, 0) is 9.53 Å². The predicted molar refractivity (Wildman–Crippen MR) is 113 cm³/mol. The van der Waals surface area contributed by atoms with Crippen molar-refractivity contribution in [3.8, 4) is 5.75 Å². The Balaban J connectivity index is 1.56. The Kier molecular flexibility index (Phi) is 6.53. The van der Waals surface area contributed by atoms with Gasteiger partial charge < -0.3 is 14.8 Å². The van der Waals surface area contributed by atoms with E-state index in [1.807, 2.05) is 6.07 Å². The maximum absolute atomic E-state index is 14.5. The first-order valence-corrected chi connectivity index (χ1v) is 10.3. The van der Waals surface area contributed by atoms with E-state index in [2.05, 4.69) is 15.8 Å². The molecule has 1 amide bonds. The second kappa shape index (κ2) is 9.31. The summed E-state index contributed by atoms with van der Waals surface area (Å²) >= 11 is 12.2. The molecule has 158 valence electrons. The van der Waals surface area contributed by atoms with Crippen LogP contribution >= 0.6 is 23.2 Å². The standard InChI is InChI=1S/C21H20Cl2FN3O3/c22-14-5-4-12(8-15(14)23)21-13(10-25-6-7-29-21)11-30-18-3-1-2-16(24)20(18)17-9-19(28)27-26-17/h1-5,8,13,21,25H,6-7,9-11H2,(H,27,28)/t13-,21-/m0/s1. The number of nitrogens with zero attached hydrogens (tertiary/aromatic N) is 1. The van der Waals surface area contributed by atoms with Gasteiger partial charge in [-0.25, -0.2) is 9.82 Å². The van der Waals surface area contributed by atoms with Crippen molar-refractivity contribution in [1.29, 1.82) is 0 Å². The summed E-state index contributed by atoms with van der Waals surface area (Å²) < 4.78 is 26.6. The number of benzene rings is 2. The highest BCUT2D eigenvalue weighted by atomic mass is 35.5. The van der Waals surface area contributed by atoms with E-state index in [1.165, 1.54) is 6.07 Å². The molecule has 2 N–H and O–H groups in total. The molecule has 0 radical (unpaired) electrons. The SMILES string of the molecule is O=C1CC(c2c(F)cccc2OC[C@@H]2CNCCO[C@H]2c2ccc(Cl)c(Cl)c2)=NN1. The molecular formula is C21H20Cl2FN3O3. The van der Waals surface area contributed by atoms with E-state index in [4.69, 9.17) is 32.7 Å². The van der Waals surface area contributed by atoms with Crippen molar-refractivity contribution in [2.45, 2.75) is 12.5 Å². The summed E-state index contributed by atoms with van der Waals surface area (Å²) in [5.41, 5.74) is 3.77. The summed E-state index contributed by atoms with van der Waals surface area (Å²) in [6.07, 6.45) is -0.254. The van der Waals surface area contributed by atoms with Crippen molar-refractivity contribution in [3.63, 3.8) is 0 Å². The maximum atomic E-state index is 14.5. The lowest BCUT2D eigenvalue weighted by molar-refractivity contribution is -0.119. The molecular weight excluding hydrogens is 432 g/mol. The highest BCUT2D eigenvalue weighted by Gasteiger charge is 2.29.